The number of rotatable bonds is 6. The van der Waals surface area contributed by atoms with Gasteiger partial charge < -0.3 is 4.90 Å². The maximum atomic E-state index is 12.6. The van der Waals surface area contributed by atoms with E-state index in [4.69, 9.17) is 11.6 Å². The number of likely N-dealkylation sites (N-methyl/N-ethyl adjacent to an activating group) is 1. The number of para-hydroxylation sites is 1. The smallest absolute Gasteiger partial charge is 0.227 e. The first-order valence-electron chi connectivity index (χ1n) is 7.76. The van der Waals surface area contributed by atoms with Crippen molar-refractivity contribution in [3.05, 3.63) is 69.6 Å². The van der Waals surface area contributed by atoms with Gasteiger partial charge in [-0.25, -0.2) is 4.68 Å². The Labute approximate surface area is 150 Å². The van der Waals surface area contributed by atoms with Crippen LogP contribution in [-0.4, -0.2) is 27.1 Å². The van der Waals surface area contributed by atoms with E-state index in [1.54, 1.807) is 10.9 Å². The van der Waals surface area contributed by atoms with Crippen molar-refractivity contribution in [3.63, 3.8) is 0 Å². The Kier molecular flexibility index (Phi) is 5.33. The Morgan fingerprint density at radius 2 is 2.04 bits per heavy atom. The number of thiophene rings is 1. The monoisotopic (exact) mass is 359 g/mol. The number of aromatic nitrogens is 2. The van der Waals surface area contributed by atoms with Crippen molar-refractivity contribution in [2.75, 3.05) is 6.54 Å². The van der Waals surface area contributed by atoms with Crippen LogP contribution in [0, 0.1) is 0 Å². The van der Waals surface area contributed by atoms with E-state index in [1.807, 2.05) is 60.5 Å². The summed E-state index contributed by atoms with van der Waals surface area (Å²) >= 11 is 7.47. The minimum Gasteiger partial charge on any atom is -0.338 e. The first kappa shape index (κ1) is 16.7. The first-order chi connectivity index (χ1) is 11.7. The third-order valence-electron chi connectivity index (χ3n) is 3.72. The fraction of sp³-hybridized carbons (Fsp3) is 0.222. The van der Waals surface area contributed by atoms with Gasteiger partial charge in [-0.15, -0.1) is 11.3 Å². The van der Waals surface area contributed by atoms with Gasteiger partial charge in [-0.05, 0) is 36.8 Å². The van der Waals surface area contributed by atoms with Gasteiger partial charge in [-0.3, -0.25) is 4.79 Å². The summed E-state index contributed by atoms with van der Waals surface area (Å²) in [6.45, 7) is 3.25. The molecule has 0 saturated carbocycles. The number of carbonyl (C=O) groups is 1. The maximum absolute atomic E-state index is 12.6. The quantitative estimate of drug-likeness (QED) is 0.662. The van der Waals surface area contributed by atoms with Gasteiger partial charge in [0.15, 0.2) is 0 Å². The second-order valence-corrected chi connectivity index (χ2v) is 7.22. The molecule has 2 heterocycles. The molecule has 1 aromatic carbocycles. The lowest BCUT2D eigenvalue weighted by Crippen LogP contribution is -2.31. The van der Waals surface area contributed by atoms with E-state index in [9.17, 15) is 4.79 Å². The molecular weight excluding hydrogens is 342 g/mol. The number of hydrogen-bond donors (Lipinski definition) is 0. The summed E-state index contributed by atoms with van der Waals surface area (Å²) in [6.07, 6.45) is 4.00. The van der Waals surface area contributed by atoms with Crippen LogP contribution in [0.3, 0.4) is 0 Å². The fourth-order valence-electron chi connectivity index (χ4n) is 2.46. The molecule has 0 saturated heterocycles. The Balaban J connectivity index is 1.66. The van der Waals surface area contributed by atoms with Gasteiger partial charge in [0.2, 0.25) is 5.91 Å². The molecule has 0 fully saturated rings. The minimum absolute atomic E-state index is 0.0923. The SMILES string of the molecule is CCN(Cc1ccc(Cl)s1)C(=O)Cc1cnn(-c2ccccc2)c1. The van der Waals surface area contributed by atoms with Crippen LogP contribution in [0.5, 0.6) is 0 Å². The molecule has 124 valence electrons. The van der Waals surface area contributed by atoms with Gasteiger partial charge in [0.1, 0.15) is 0 Å². The molecule has 0 bridgehead atoms. The summed E-state index contributed by atoms with van der Waals surface area (Å²) in [4.78, 5) is 15.5. The molecule has 0 unspecified atom stereocenters. The van der Waals surface area contributed by atoms with Gasteiger partial charge in [0.05, 0.1) is 29.2 Å². The fourth-order valence-corrected chi connectivity index (χ4v) is 3.56. The molecule has 4 nitrogen and oxygen atoms in total. The van der Waals surface area contributed by atoms with Crippen LogP contribution in [0.25, 0.3) is 5.69 Å². The highest BCUT2D eigenvalue weighted by Crippen LogP contribution is 2.23. The standard InChI is InChI=1S/C18H18ClN3OS/c1-2-21(13-16-8-9-17(19)24-16)18(23)10-14-11-20-22(12-14)15-6-4-3-5-7-15/h3-9,11-12H,2,10,13H2,1H3. The van der Waals surface area contributed by atoms with Crippen LogP contribution in [0.4, 0.5) is 0 Å². The predicted molar refractivity (Wildman–Crippen MR) is 97.7 cm³/mol. The molecule has 0 aliphatic heterocycles. The van der Waals surface area contributed by atoms with Crippen molar-refractivity contribution in [1.82, 2.24) is 14.7 Å². The highest BCUT2D eigenvalue weighted by molar-refractivity contribution is 7.16. The van der Waals surface area contributed by atoms with E-state index in [-0.39, 0.29) is 5.91 Å². The Hall–Kier alpha value is -2.11. The topological polar surface area (TPSA) is 38.1 Å². The van der Waals surface area contributed by atoms with Gasteiger partial charge in [0.25, 0.3) is 0 Å². The molecule has 6 heteroatoms. The molecule has 1 amide bonds. The van der Waals surface area contributed by atoms with Crippen LogP contribution >= 0.6 is 22.9 Å². The van der Waals surface area contributed by atoms with Gasteiger partial charge in [-0.1, -0.05) is 29.8 Å². The summed E-state index contributed by atoms with van der Waals surface area (Å²) in [5.41, 5.74) is 1.89. The predicted octanol–water partition coefficient (Wildman–Crippen LogP) is 4.18. The number of amides is 1. The number of nitrogens with zero attached hydrogens (tertiary/aromatic N) is 3. The van der Waals surface area contributed by atoms with Crippen molar-refractivity contribution >= 4 is 28.8 Å². The zero-order chi connectivity index (χ0) is 16.9. The van der Waals surface area contributed by atoms with Crippen LogP contribution < -0.4 is 0 Å². The summed E-state index contributed by atoms with van der Waals surface area (Å²) in [7, 11) is 0. The number of carbonyl (C=O) groups excluding carboxylic acids is 1. The van der Waals surface area contributed by atoms with Crippen LogP contribution in [0.15, 0.2) is 54.9 Å². The summed E-state index contributed by atoms with van der Waals surface area (Å²) in [5.74, 6) is 0.0923. The molecule has 0 N–H and O–H groups in total. The zero-order valence-electron chi connectivity index (χ0n) is 13.4. The lowest BCUT2D eigenvalue weighted by Gasteiger charge is -2.19. The Bertz CT molecular complexity index is 813. The molecule has 0 aliphatic carbocycles. The average molecular weight is 360 g/mol. The van der Waals surface area contributed by atoms with E-state index in [1.165, 1.54) is 11.3 Å². The lowest BCUT2D eigenvalue weighted by molar-refractivity contribution is -0.130. The van der Waals surface area contributed by atoms with E-state index >= 15 is 0 Å². The van der Waals surface area contributed by atoms with E-state index in [0.717, 1.165) is 20.5 Å². The highest BCUT2D eigenvalue weighted by atomic mass is 35.5. The third kappa shape index (κ3) is 4.04. The number of hydrogen-bond acceptors (Lipinski definition) is 3. The van der Waals surface area contributed by atoms with E-state index < -0.39 is 0 Å². The minimum atomic E-state index is 0.0923. The molecule has 3 rings (SSSR count). The van der Waals surface area contributed by atoms with Crippen LogP contribution in [0.2, 0.25) is 4.34 Å². The van der Waals surface area contributed by atoms with E-state index in [0.29, 0.717) is 19.5 Å². The van der Waals surface area contributed by atoms with Crippen molar-refractivity contribution in [2.24, 2.45) is 0 Å². The second-order valence-electron chi connectivity index (χ2n) is 5.42. The molecule has 3 aromatic rings. The summed E-state index contributed by atoms with van der Waals surface area (Å²) in [5, 5.41) is 4.34. The van der Waals surface area contributed by atoms with Gasteiger partial charge in [-0.2, -0.15) is 5.10 Å². The molecule has 0 radical (unpaired) electrons. The van der Waals surface area contributed by atoms with Crippen molar-refractivity contribution in [1.29, 1.82) is 0 Å². The maximum Gasteiger partial charge on any atom is 0.227 e. The Morgan fingerprint density at radius 1 is 1.25 bits per heavy atom. The number of benzene rings is 1. The van der Waals surface area contributed by atoms with Crippen LogP contribution in [-0.2, 0) is 17.8 Å². The molecule has 24 heavy (non-hydrogen) atoms. The summed E-state index contributed by atoms with van der Waals surface area (Å²) < 4.78 is 2.54. The van der Waals surface area contributed by atoms with Crippen molar-refractivity contribution in [2.45, 2.75) is 19.9 Å². The van der Waals surface area contributed by atoms with Crippen molar-refractivity contribution < 1.29 is 4.79 Å². The molecular formula is C18H18ClN3OS. The molecule has 0 aliphatic rings. The van der Waals surface area contributed by atoms with Crippen LogP contribution in [0.1, 0.15) is 17.4 Å². The highest BCUT2D eigenvalue weighted by Gasteiger charge is 2.15. The summed E-state index contributed by atoms with van der Waals surface area (Å²) in [6, 6.07) is 13.7. The normalized spacial score (nSPS) is 10.8. The lowest BCUT2D eigenvalue weighted by atomic mass is 10.2. The zero-order valence-corrected chi connectivity index (χ0v) is 14.9. The second kappa shape index (κ2) is 7.64. The third-order valence-corrected chi connectivity index (χ3v) is 4.94. The molecule has 0 atom stereocenters. The van der Waals surface area contributed by atoms with E-state index in [2.05, 4.69) is 5.10 Å². The van der Waals surface area contributed by atoms with Gasteiger partial charge in [0, 0.05) is 17.6 Å². The Morgan fingerprint density at radius 3 is 2.71 bits per heavy atom. The largest absolute Gasteiger partial charge is 0.338 e. The molecule has 2 aromatic heterocycles. The van der Waals surface area contributed by atoms with Crippen molar-refractivity contribution in [3.8, 4) is 5.69 Å². The first-order valence-corrected chi connectivity index (χ1v) is 8.96. The molecule has 0 spiro atoms. The van der Waals surface area contributed by atoms with Gasteiger partial charge >= 0.3 is 0 Å². The number of halogens is 1. The average Bonchev–Trinajstić information content (AvgIpc) is 3.22.